The minimum atomic E-state index is -0.293. The first-order valence-corrected chi connectivity index (χ1v) is 11.0. The quantitative estimate of drug-likeness (QED) is 0.796. The average molecular weight is 426 g/mol. The van der Waals surface area contributed by atoms with E-state index in [0.717, 1.165) is 48.1 Å². The summed E-state index contributed by atoms with van der Waals surface area (Å²) in [6.45, 7) is 7.22. The summed E-state index contributed by atoms with van der Waals surface area (Å²) >= 11 is 0. The van der Waals surface area contributed by atoms with Crippen LogP contribution in [-0.2, 0) is 23.2 Å². The van der Waals surface area contributed by atoms with Crippen LogP contribution >= 0.6 is 0 Å². The van der Waals surface area contributed by atoms with Gasteiger partial charge in [-0.25, -0.2) is 9.48 Å². The van der Waals surface area contributed by atoms with Crippen molar-refractivity contribution in [2.75, 3.05) is 18.4 Å². The van der Waals surface area contributed by atoms with Crippen molar-refractivity contribution >= 4 is 17.5 Å². The Kier molecular flexibility index (Phi) is 5.73. The van der Waals surface area contributed by atoms with Crippen molar-refractivity contribution in [1.82, 2.24) is 19.2 Å². The molecule has 2 heterocycles. The molecule has 1 saturated carbocycles. The van der Waals surface area contributed by atoms with Crippen molar-refractivity contribution in [2.45, 2.75) is 58.9 Å². The van der Waals surface area contributed by atoms with Crippen LogP contribution < -0.4 is 11.0 Å². The summed E-state index contributed by atoms with van der Waals surface area (Å²) in [5, 5.41) is 7.43. The SMILES string of the molecule is Cc1cc(C)c(NC(=O)Cn2nc(C3CCN(C(=O)C4CC4)CC3)n(C)c2=O)c(C)c1. The minimum absolute atomic E-state index is 0.117. The van der Waals surface area contributed by atoms with E-state index < -0.39 is 0 Å². The molecule has 4 rings (SSSR count). The maximum absolute atomic E-state index is 12.7. The van der Waals surface area contributed by atoms with Crippen molar-refractivity contribution in [3.8, 4) is 0 Å². The van der Waals surface area contributed by atoms with Gasteiger partial charge >= 0.3 is 5.69 Å². The summed E-state index contributed by atoms with van der Waals surface area (Å²) < 4.78 is 2.78. The number of anilines is 1. The molecular weight excluding hydrogens is 394 g/mol. The molecule has 0 spiro atoms. The van der Waals surface area contributed by atoms with E-state index in [1.807, 2.05) is 37.8 Å². The van der Waals surface area contributed by atoms with Gasteiger partial charge in [0.05, 0.1) is 0 Å². The third-order valence-corrected chi connectivity index (χ3v) is 6.41. The van der Waals surface area contributed by atoms with Crippen LogP contribution in [0.2, 0.25) is 0 Å². The molecule has 2 amide bonds. The van der Waals surface area contributed by atoms with Gasteiger partial charge in [0.25, 0.3) is 0 Å². The molecule has 1 aliphatic heterocycles. The van der Waals surface area contributed by atoms with Gasteiger partial charge in [-0.05, 0) is 57.6 Å². The predicted molar refractivity (Wildman–Crippen MR) is 118 cm³/mol. The number of aromatic nitrogens is 3. The molecular formula is C23H31N5O3. The summed E-state index contributed by atoms with van der Waals surface area (Å²) in [6.07, 6.45) is 3.61. The topological polar surface area (TPSA) is 89.2 Å². The smallest absolute Gasteiger partial charge is 0.342 e. The highest BCUT2D eigenvalue weighted by atomic mass is 16.2. The summed E-state index contributed by atoms with van der Waals surface area (Å²) in [7, 11) is 1.70. The molecule has 0 bridgehead atoms. The molecule has 166 valence electrons. The predicted octanol–water partition coefficient (Wildman–Crippen LogP) is 2.26. The Morgan fingerprint density at radius 1 is 1.06 bits per heavy atom. The van der Waals surface area contributed by atoms with Gasteiger partial charge in [-0.2, -0.15) is 5.10 Å². The molecule has 2 aromatic rings. The highest BCUT2D eigenvalue weighted by Gasteiger charge is 2.36. The Bertz CT molecular complexity index is 1050. The third-order valence-electron chi connectivity index (χ3n) is 6.41. The zero-order valence-corrected chi connectivity index (χ0v) is 18.8. The Labute approximate surface area is 182 Å². The first-order chi connectivity index (χ1) is 14.7. The van der Waals surface area contributed by atoms with E-state index in [9.17, 15) is 14.4 Å². The largest absolute Gasteiger partial charge is 0.346 e. The fourth-order valence-electron chi connectivity index (χ4n) is 4.60. The van der Waals surface area contributed by atoms with E-state index in [1.165, 1.54) is 4.68 Å². The van der Waals surface area contributed by atoms with Crippen LogP contribution in [0.1, 0.15) is 54.1 Å². The van der Waals surface area contributed by atoms with Gasteiger partial charge in [0.1, 0.15) is 12.4 Å². The van der Waals surface area contributed by atoms with Crippen molar-refractivity contribution in [3.63, 3.8) is 0 Å². The van der Waals surface area contributed by atoms with Gasteiger partial charge in [-0.1, -0.05) is 17.7 Å². The summed E-state index contributed by atoms with van der Waals surface area (Å²) in [4.78, 5) is 39.6. The molecule has 31 heavy (non-hydrogen) atoms. The second kappa shape index (κ2) is 8.32. The maximum atomic E-state index is 12.7. The minimum Gasteiger partial charge on any atom is -0.342 e. The molecule has 1 saturated heterocycles. The fourth-order valence-corrected chi connectivity index (χ4v) is 4.60. The van der Waals surface area contributed by atoms with Crippen LogP contribution in [0.4, 0.5) is 5.69 Å². The molecule has 2 fully saturated rings. The number of nitrogens with zero attached hydrogens (tertiary/aromatic N) is 4. The molecule has 1 aromatic heterocycles. The Morgan fingerprint density at radius 2 is 1.68 bits per heavy atom. The molecule has 1 aliphatic carbocycles. The average Bonchev–Trinajstić information content (AvgIpc) is 3.54. The number of rotatable bonds is 5. The number of hydrogen-bond acceptors (Lipinski definition) is 4. The third kappa shape index (κ3) is 4.43. The van der Waals surface area contributed by atoms with E-state index in [2.05, 4.69) is 10.4 Å². The molecule has 0 atom stereocenters. The first kappa shape index (κ1) is 21.3. The monoisotopic (exact) mass is 425 g/mol. The molecule has 1 N–H and O–H groups in total. The first-order valence-electron chi connectivity index (χ1n) is 11.0. The highest BCUT2D eigenvalue weighted by molar-refractivity contribution is 5.92. The number of hydrogen-bond donors (Lipinski definition) is 1. The van der Waals surface area contributed by atoms with Gasteiger partial charge in [-0.15, -0.1) is 0 Å². The summed E-state index contributed by atoms with van der Waals surface area (Å²) in [5.41, 5.74) is 3.62. The van der Waals surface area contributed by atoms with Crippen molar-refractivity contribution in [3.05, 3.63) is 45.1 Å². The number of nitrogens with one attached hydrogen (secondary N) is 1. The molecule has 8 heteroatoms. The van der Waals surface area contributed by atoms with Crippen LogP contribution in [0, 0.1) is 26.7 Å². The van der Waals surface area contributed by atoms with Crippen LogP contribution in [0.25, 0.3) is 0 Å². The van der Waals surface area contributed by atoms with Crippen molar-refractivity contribution in [2.24, 2.45) is 13.0 Å². The van der Waals surface area contributed by atoms with Gasteiger partial charge < -0.3 is 10.2 Å². The van der Waals surface area contributed by atoms with Crippen LogP contribution in [0.5, 0.6) is 0 Å². The highest BCUT2D eigenvalue weighted by Crippen LogP contribution is 2.33. The number of aryl methyl sites for hydroxylation is 3. The van der Waals surface area contributed by atoms with Crippen LogP contribution in [0.15, 0.2) is 16.9 Å². The zero-order valence-electron chi connectivity index (χ0n) is 18.8. The fraction of sp³-hybridized carbons (Fsp3) is 0.565. The normalized spacial score (nSPS) is 17.1. The second-order valence-electron chi connectivity index (χ2n) is 9.05. The van der Waals surface area contributed by atoms with Crippen LogP contribution in [0.3, 0.4) is 0 Å². The summed E-state index contributed by atoms with van der Waals surface area (Å²) in [6, 6.07) is 4.04. The lowest BCUT2D eigenvalue weighted by molar-refractivity contribution is -0.133. The maximum Gasteiger partial charge on any atom is 0.346 e. The Balaban J connectivity index is 1.43. The molecule has 1 aromatic carbocycles. The number of carbonyl (C=O) groups is 2. The number of likely N-dealkylation sites (tertiary alicyclic amines) is 1. The molecule has 8 nitrogen and oxygen atoms in total. The van der Waals surface area contributed by atoms with E-state index >= 15 is 0 Å². The number of amides is 2. The lowest BCUT2D eigenvalue weighted by atomic mass is 9.95. The lowest BCUT2D eigenvalue weighted by Gasteiger charge is -2.31. The number of benzene rings is 1. The van der Waals surface area contributed by atoms with Gasteiger partial charge in [0.2, 0.25) is 11.8 Å². The Hall–Kier alpha value is -2.90. The van der Waals surface area contributed by atoms with Gasteiger partial charge in [0, 0.05) is 37.7 Å². The second-order valence-corrected chi connectivity index (χ2v) is 9.05. The molecule has 2 aliphatic rings. The summed E-state index contributed by atoms with van der Waals surface area (Å²) in [5.74, 6) is 1.05. The number of carbonyl (C=O) groups excluding carboxylic acids is 2. The van der Waals surface area contributed by atoms with Gasteiger partial charge in [0.15, 0.2) is 0 Å². The standard InChI is InChI=1S/C23H31N5O3/c1-14-11-15(2)20(16(3)12-14)24-19(29)13-28-23(31)26(4)21(25-28)17-7-9-27(10-8-17)22(30)18-5-6-18/h11-12,17-18H,5-10,13H2,1-4H3,(H,24,29). The van der Waals surface area contributed by atoms with E-state index in [-0.39, 0.29) is 35.9 Å². The van der Waals surface area contributed by atoms with E-state index in [0.29, 0.717) is 18.9 Å². The van der Waals surface area contributed by atoms with Crippen LogP contribution in [-0.4, -0.2) is 44.2 Å². The lowest BCUT2D eigenvalue weighted by Crippen LogP contribution is -2.39. The van der Waals surface area contributed by atoms with Crippen molar-refractivity contribution in [1.29, 1.82) is 0 Å². The van der Waals surface area contributed by atoms with Gasteiger partial charge in [-0.3, -0.25) is 14.2 Å². The van der Waals surface area contributed by atoms with E-state index in [4.69, 9.17) is 0 Å². The van der Waals surface area contributed by atoms with E-state index in [1.54, 1.807) is 11.6 Å². The molecule has 0 radical (unpaired) electrons. The Morgan fingerprint density at radius 3 is 2.26 bits per heavy atom. The number of piperidine rings is 1. The molecule has 0 unspecified atom stereocenters. The zero-order chi connectivity index (χ0) is 22.3. The van der Waals surface area contributed by atoms with Crippen molar-refractivity contribution < 1.29 is 9.59 Å².